The van der Waals surface area contributed by atoms with Gasteiger partial charge in [-0.25, -0.2) is 0 Å². The zero-order valence-corrected chi connectivity index (χ0v) is 4.80. The number of hydrogen-bond donors (Lipinski definition) is 0. The molecule has 60 valence electrons. The van der Waals surface area contributed by atoms with Gasteiger partial charge in [0.25, 0.3) is 0 Å². The molecule has 0 aromatic rings. The SMILES string of the molecule is COC1(F)C(F)(F)C1(F)F. The fourth-order valence-electron chi connectivity index (χ4n) is 0.620. The van der Waals surface area contributed by atoms with E-state index in [0.29, 0.717) is 7.11 Å². The first-order valence-corrected chi connectivity index (χ1v) is 2.31. The lowest BCUT2D eigenvalue weighted by Gasteiger charge is -1.98. The van der Waals surface area contributed by atoms with Crippen LogP contribution in [0.25, 0.3) is 0 Å². The standard InChI is InChI=1S/C4H3F5O/c1-10-4(9)2(5,6)3(4,7)8/h1H3. The van der Waals surface area contributed by atoms with Crippen molar-refractivity contribution in [2.24, 2.45) is 0 Å². The van der Waals surface area contributed by atoms with Crippen LogP contribution in [-0.2, 0) is 4.74 Å². The number of rotatable bonds is 1. The van der Waals surface area contributed by atoms with Crippen LogP contribution in [0, 0.1) is 0 Å². The molecule has 0 heterocycles. The zero-order valence-electron chi connectivity index (χ0n) is 4.80. The van der Waals surface area contributed by atoms with Crippen molar-refractivity contribution in [2.75, 3.05) is 7.11 Å². The average Bonchev–Trinajstić information content (AvgIpc) is 2.11. The molecule has 1 aliphatic carbocycles. The molecule has 0 bridgehead atoms. The van der Waals surface area contributed by atoms with Gasteiger partial charge in [-0.05, 0) is 0 Å². The molecular weight excluding hydrogens is 159 g/mol. The third-order valence-corrected chi connectivity index (χ3v) is 1.42. The lowest BCUT2D eigenvalue weighted by atomic mass is 10.7. The predicted molar refractivity (Wildman–Crippen MR) is 20.7 cm³/mol. The van der Waals surface area contributed by atoms with Crippen LogP contribution in [0.1, 0.15) is 0 Å². The monoisotopic (exact) mass is 162 g/mol. The van der Waals surface area contributed by atoms with E-state index in [1.807, 2.05) is 0 Å². The van der Waals surface area contributed by atoms with Crippen LogP contribution in [0.5, 0.6) is 0 Å². The Kier molecular flexibility index (Phi) is 1.11. The largest absolute Gasteiger partial charge is 0.380 e. The van der Waals surface area contributed by atoms with E-state index in [-0.39, 0.29) is 0 Å². The quantitative estimate of drug-likeness (QED) is 0.532. The van der Waals surface area contributed by atoms with E-state index >= 15 is 0 Å². The first-order chi connectivity index (χ1) is 4.31. The fourth-order valence-corrected chi connectivity index (χ4v) is 0.620. The Hall–Kier alpha value is -0.390. The van der Waals surface area contributed by atoms with E-state index in [1.165, 1.54) is 0 Å². The average molecular weight is 162 g/mol. The van der Waals surface area contributed by atoms with Crippen molar-refractivity contribution in [3.05, 3.63) is 0 Å². The molecule has 1 fully saturated rings. The van der Waals surface area contributed by atoms with Gasteiger partial charge in [0.15, 0.2) is 0 Å². The fraction of sp³-hybridized carbons (Fsp3) is 1.00. The van der Waals surface area contributed by atoms with Gasteiger partial charge in [-0.1, -0.05) is 0 Å². The second kappa shape index (κ2) is 1.44. The molecule has 0 spiro atoms. The van der Waals surface area contributed by atoms with Crippen molar-refractivity contribution in [3.63, 3.8) is 0 Å². The van der Waals surface area contributed by atoms with Crippen LogP contribution in [-0.4, -0.2) is 24.8 Å². The Morgan fingerprint density at radius 2 is 1.20 bits per heavy atom. The second-order valence-corrected chi connectivity index (χ2v) is 1.95. The Bertz CT molecular complexity index is 151. The minimum Gasteiger partial charge on any atom is -0.340 e. The highest BCUT2D eigenvalue weighted by molar-refractivity contribution is 5.23. The zero-order chi connectivity index (χ0) is 8.21. The van der Waals surface area contributed by atoms with Crippen LogP contribution < -0.4 is 0 Å². The number of methoxy groups -OCH3 is 1. The number of alkyl halides is 5. The van der Waals surface area contributed by atoms with Gasteiger partial charge in [-0.3, -0.25) is 0 Å². The maximum atomic E-state index is 12.1. The Labute approximate surface area is 52.8 Å². The lowest BCUT2D eigenvalue weighted by Crippen LogP contribution is -2.15. The summed E-state index contributed by atoms with van der Waals surface area (Å²) < 4.78 is 62.2. The van der Waals surface area contributed by atoms with E-state index in [2.05, 4.69) is 4.74 Å². The molecule has 0 aromatic carbocycles. The van der Waals surface area contributed by atoms with Crippen molar-refractivity contribution in [1.82, 2.24) is 0 Å². The number of hydrogen-bond acceptors (Lipinski definition) is 1. The van der Waals surface area contributed by atoms with Crippen molar-refractivity contribution < 1.29 is 26.7 Å². The molecule has 0 saturated heterocycles. The molecule has 10 heavy (non-hydrogen) atoms. The molecule has 0 amide bonds. The van der Waals surface area contributed by atoms with E-state index in [4.69, 9.17) is 0 Å². The molecule has 1 saturated carbocycles. The maximum Gasteiger partial charge on any atom is 0.380 e. The summed E-state index contributed by atoms with van der Waals surface area (Å²) in [5.74, 6) is -13.4. The molecule has 0 radical (unpaired) electrons. The van der Waals surface area contributed by atoms with Gasteiger partial charge in [0, 0.05) is 7.11 Å². The Morgan fingerprint density at radius 1 is 0.900 bits per heavy atom. The molecule has 0 N–H and O–H groups in total. The van der Waals surface area contributed by atoms with Crippen molar-refractivity contribution >= 4 is 0 Å². The molecule has 1 aliphatic rings. The molecule has 1 nitrogen and oxygen atoms in total. The Morgan fingerprint density at radius 3 is 1.20 bits per heavy atom. The lowest BCUT2D eigenvalue weighted by molar-refractivity contribution is -0.127. The highest BCUT2D eigenvalue weighted by Crippen LogP contribution is 2.68. The van der Waals surface area contributed by atoms with Gasteiger partial charge in [0.2, 0.25) is 0 Å². The molecule has 0 aliphatic heterocycles. The van der Waals surface area contributed by atoms with Crippen LogP contribution in [0.4, 0.5) is 22.0 Å². The molecular formula is C4H3F5O. The van der Waals surface area contributed by atoms with Crippen LogP contribution in [0.2, 0.25) is 0 Å². The molecule has 1 rings (SSSR count). The summed E-state index contributed by atoms with van der Waals surface area (Å²) in [6.45, 7) is 0. The maximum absolute atomic E-state index is 12.1. The van der Waals surface area contributed by atoms with Crippen molar-refractivity contribution in [2.45, 2.75) is 17.7 Å². The third-order valence-electron chi connectivity index (χ3n) is 1.42. The van der Waals surface area contributed by atoms with Crippen LogP contribution >= 0.6 is 0 Å². The van der Waals surface area contributed by atoms with Crippen LogP contribution in [0.3, 0.4) is 0 Å². The minimum atomic E-state index is -4.67. The van der Waals surface area contributed by atoms with Gasteiger partial charge in [0.05, 0.1) is 0 Å². The van der Waals surface area contributed by atoms with Gasteiger partial charge >= 0.3 is 17.7 Å². The summed E-state index contributed by atoms with van der Waals surface area (Å²) in [7, 11) is 0.467. The molecule has 0 unspecified atom stereocenters. The van der Waals surface area contributed by atoms with E-state index in [9.17, 15) is 22.0 Å². The summed E-state index contributed by atoms with van der Waals surface area (Å²) in [6.07, 6.45) is 0. The predicted octanol–water partition coefficient (Wildman–Crippen LogP) is 1.58. The van der Waals surface area contributed by atoms with E-state index < -0.39 is 17.7 Å². The highest BCUT2D eigenvalue weighted by Gasteiger charge is 3.01. The summed E-state index contributed by atoms with van der Waals surface area (Å²) in [6, 6.07) is 0. The van der Waals surface area contributed by atoms with Crippen molar-refractivity contribution in [1.29, 1.82) is 0 Å². The smallest absolute Gasteiger partial charge is 0.340 e. The van der Waals surface area contributed by atoms with Gasteiger partial charge in [-0.2, -0.15) is 22.0 Å². The topological polar surface area (TPSA) is 9.23 Å². The first kappa shape index (κ1) is 7.71. The normalized spacial score (nSPS) is 31.8. The van der Waals surface area contributed by atoms with Gasteiger partial charge < -0.3 is 4.74 Å². The number of halogens is 5. The summed E-state index contributed by atoms with van der Waals surface area (Å²) in [4.78, 5) is 0. The van der Waals surface area contributed by atoms with Crippen LogP contribution in [0.15, 0.2) is 0 Å². The summed E-state index contributed by atoms with van der Waals surface area (Å²) in [5.41, 5.74) is 0. The molecule has 0 aromatic heterocycles. The minimum absolute atomic E-state index is 0.467. The summed E-state index contributed by atoms with van der Waals surface area (Å²) >= 11 is 0. The number of ether oxygens (including phenoxy) is 1. The van der Waals surface area contributed by atoms with E-state index in [0.717, 1.165) is 0 Å². The van der Waals surface area contributed by atoms with Gasteiger partial charge in [0.1, 0.15) is 0 Å². The third kappa shape index (κ3) is 0.436. The first-order valence-electron chi connectivity index (χ1n) is 2.31. The highest BCUT2D eigenvalue weighted by atomic mass is 19.3. The molecule has 6 heteroatoms. The van der Waals surface area contributed by atoms with Gasteiger partial charge in [-0.15, -0.1) is 0 Å². The second-order valence-electron chi connectivity index (χ2n) is 1.95. The van der Waals surface area contributed by atoms with Crippen molar-refractivity contribution in [3.8, 4) is 0 Å². The summed E-state index contributed by atoms with van der Waals surface area (Å²) in [5, 5.41) is 0. The van der Waals surface area contributed by atoms with E-state index in [1.54, 1.807) is 0 Å². The Balaban J connectivity index is 2.90. The molecule has 0 atom stereocenters.